The number of amides is 1. The lowest BCUT2D eigenvalue weighted by molar-refractivity contribution is 0.0666. The first-order valence-corrected chi connectivity index (χ1v) is 9.42. The zero-order chi connectivity index (χ0) is 18.0. The Balaban J connectivity index is 1.67. The fourth-order valence-electron chi connectivity index (χ4n) is 2.61. The van der Waals surface area contributed by atoms with Gasteiger partial charge in [-0.25, -0.2) is 8.42 Å². The minimum Gasteiger partial charge on any atom is -0.497 e. The normalized spacial score (nSPS) is 16.0. The van der Waals surface area contributed by atoms with Crippen LogP contribution >= 0.6 is 11.6 Å². The van der Waals surface area contributed by atoms with Crippen LogP contribution in [-0.2, 0) is 10.0 Å². The van der Waals surface area contributed by atoms with Gasteiger partial charge in [0.25, 0.3) is 5.91 Å². The van der Waals surface area contributed by atoms with Gasteiger partial charge in [-0.3, -0.25) is 4.79 Å². The van der Waals surface area contributed by atoms with Gasteiger partial charge in [-0.1, -0.05) is 0 Å². The van der Waals surface area contributed by atoms with Crippen molar-refractivity contribution in [1.29, 1.82) is 0 Å². The second kappa shape index (κ2) is 7.07. The molecule has 0 atom stereocenters. The number of hydrogen-bond donors (Lipinski definition) is 0. The van der Waals surface area contributed by atoms with Crippen molar-refractivity contribution in [1.82, 2.24) is 9.21 Å². The summed E-state index contributed by atoms with van der Waals surface area (Å²) >= 11 is 5.68. The van der Waals surface area contributed by atoms with Crippen molar-refractivity contribution in [2.75, 3.05) is 33.3 Å². The maximum atomic E-state index is 12.7. The molecule has 1 saturated heterocycles. The maximum Gasteiger partial charge on any atom is 0.289 e. The molecule has 1 aromatic heterocycles. The number of carbonyl (C=O) groups excluding carboxylic acids is 1. The van der Waals surface area contributed by atoms with E-state index in [9.17, 15) is 13.2 Å². The molecule has 0 N–H and O–H groups in total. The molecule has 9 heteroatoms. The Kier molecular flexibility index (Phi) is 5.03. The molecule has 1 fully saturated rings. The summed E-state index contributed by atoms with van der Waals surface area (Å²) < 4.78 is 36.9. The number of nitrogens with zero attached hydrogens (tertiary/aromatic N) is 2. The summed E-state index contributed by atoms with van der Waals surface area (Å²) in [4.78, 5) is 14.1. The van der Waals surface area contributed by atoms with Crippen molar-refractivity contribution < 1.29 is 22.4 Å². The monoisotopic (exact) mass is 384 g/mol. The summed E-state index contributed by atoms with van der Waals surface area (Å²) in [5, 5.41) is 0.143. The first kappa shape index (κ1) is 17.8. The average molecular weight is 385 g/mol. The highest BCUT2D eigenvalue weighted by Gasteiger charge is 2.31. The third kappa shape index (κ3) is 3.65. The van der Waals surface area contributed by atoms with Crippen LogP contribution in [-0.4, -0.2) is 56.8 Å². The van der Waals surface area contributed by atoms with Gasteiger partial charge in [0.05, 0.1) is 12.0 Å². The molecular formula is C16H17ClN2O5S. The Morgan fingerprint density at radius 2 is 1.72 bits per heavy atom. The third-order valence-corrected chi connectivity index (χ3v) is 6.12. The molecule has 134 valence electrons. The Morgan fingerprint density at radius 1 is 1.08 bits per heavy atom. The quantitative estimate of drug-likeness (QED) is 0.806. The average Bonchev–Trinajstić information content (AvgIpc) is 3.07. The van der Waals surface area contributed by atoms with E-state index < -0.39 is 10.0 Å². The number of rotatable bonds is 4. The van der Waals surface area contributed by atoms with Gasteiger partial charge in [0.15, 0.2) is 11.0 Å². The van der Waals surface area contributed by atoms with Crippen LogP contribution in [0.15, 0.2) is 45.7 Å². The molecule has 2 aromatic rings. The van der Waals surface area contributed by atoms with Gasteiger partial charge < -0.3 is 14.1 Å². The summed E-state index contributed by atoms with van der Waals surface area (Å²) in [5.74, 6) is 0.441. The van der Waals surface area contributed by atoms with Crippen molar-refractivity contribution in [2.45, 2.75) is 4.90 Å². The third-order valence-electron chi connectivity index (χ3n) is 4.01. The largest absolute Gasteiger partial charge is 0.497 e. The summed E-state index contributed by atoms with van der Waals surface area (Å²) in [7, 11) is -2.08. The van der Waals surface area contributed by atoms with Gasteiger partial charge in [0, 0.05) is 26.2 Å². The Hall–Kier alpha value is -2.03. The number of hydrogen-bond acceptors (Lipinski definition) is 5. The second-order valence-electron chi connectivity index (χ2n) is 5.48. The zero-order valence-corrected chi connectivity index (χ0v) is 15.1. The van der Waals surface area contributed by atoms with E-state index in [-0.39, 0.29) is 48.0 Å². The molecule has 0 bridgehead atoms. The van der Waals surface area contributed by atoms with E-state index in [2.05, 4.69) is 0 Å². The van der Waals surface area contributed by atoms with Crippen LogP contribution in [0.25, 0.3) is 0 Å². The van der Waals surface area contributed by atoms with Crippen LogP contribution in [0.3, 0.4) is 0 Å². The van der Waals surface area contributed by atoms with Crippen LogP contribution in [0, 0.1) is 0 Å². The maximum absolute atomic E-state index is 12.7. The molecule has 0 spiro atoms. The SMILES string of the molecule is COc1ccc(S(=O)(=O)N2CCN(C(=O)c3ccc(Cl)o3)CC2)cc1. The zero-order valence-electron chi connectivity index (χ0n) is 13.5. The van der Waals surface area contributed by atoms with Crippen LogP contribution in [0.2, 0.25) is 5.22 Å². The number of furan rings is 1. The fourth-order valence-corrected chi connectivity index (χ4v) is 4.18. The van der Waals surface area contributed by atoms with Crippen molar-refractivity contribution in [3.8, 4) is 5.75 Å². The highest BCUT2D eigenvalue weighted by molar-refractivity contribution is 7.89. The van der Waals surface area contributed by atoms with Crippen LogP contribution in [0.5, 0.6) is 5.75 Å². The first-order valence-electron chi connectivity index (χ1n) is 7.60. The molecule has 0 saturated carbocycles. The highest BCUT2D eigenvalue weighted by atomic mass is 35.5. The Morgan fingerprint density at radius 3 is 2.24 bits per heavy atom. The minimum absolute atomic E-state index is 0.143. The number of halogens is 1. The molecule has 1 aromatic carbocycles. The molecule has 25 heavy (non-hydrogen) atoms. The fraction of sp³-hybridized carbons (Fsp3) is 0.312. The van der Waals surface area contributed by atoms with Gasteiger partial charge in [-0.15, -0.1) is 0 Å². The van der Waals surface area contributed by atoms with Gasteiger partial charge in [-0.05, 0) is 48.0 Å². The second-order valence-corrected chi connectivity index (χ2v) is 7.79. The van der Waals surface area contributed by atoms with E-state index in [0.717, 1.165) is 0 Å². The molecule has 1 amide bonds. The lowest BCUT2D eigenvalue weighted by Gasteiger charge is -2.33. The lowest BCUT2D eigenvalue weighted by Crippen LogP contribution is -2.50. The number of carbonyl (C=O) groups is 1. The van der Waals surface area contributed by atoms with E-state index in [4.69, 9.17) is 20.8 Å². The van der Waals surface area contributed by atoms with E-state index >= 15 is 0 Å². The van der Waals surface area contributed by atoms with E-state index in [1.54, 1.807) is 17.0 Å². The van der Waals surface area contributed by atoms with Crippen molar-refractivity contribution in [3.05, 3.63) is 47.4 Å². The van der Waals surface area contributed by atoms with E-state index in [1.807, 2.05) is 0 Å². The molecule has 1 aliphatic rings. The van der Waals surface area contributed by atoms with Crippen molar-refractivity contribution in [3.63, 3.8) is 0 Å². The number of methoxy groups -OCH3 is 1. The molecule has 0 aliphatic carbocycles. The molecular weight excluding hydrogens is 368 g/mol. The van der Waals surface area contributed by atoms with Gasteiger partial charge in [0.1, 0.15) is 5.75 Å². The predicted molar refractivity (Wildman–Crippen MR) is 91.4 cm³/mol. The smallest absolute Gasteiger partial charge is 0.289 e. The number of ether oxygens (including phenoxy) is 1. The topological polar surface area (TPSA) is 80.1 Å². The standard InChI is InChI=1S/C16H17ClN2O5S/c1-23-12-2-4-13(5-3-12)25(21,22)19-10-8-18(9-11-19)16(20)14-6-7-15(17)24-14/h2-7H,8-11H2,1H3. The molecule has 2 heterocycles. The lowest BCUT2D eigenvalue weighted by atomic mass is 10.3. The van der Waals surface area contributed by atoms with Gasteiger partial charge in [-0.2, -0.15) is 4.31 Å². The Labute approximate surface area is 150 Å². The Bertz CT molecular complexity index is 855. The predicted octanol–water partition coefficient (Wildman–Crippen LogP) is 2.09. The highest BCUT2D eigenvalue weighted by Crippen LogP contribution is 2.22. The summed E-state index contributed by atoms with van der Waals surface area (Å²) in [5.41, 5.74) is 0. The molecule has 0 radical (unpaired) electrons. The van der Waals surface area contributed by atoms with E-state index in [0.29, 0.717) is 5.75 Å². The van der Waals surface area contributed by atoms with E-state index in [1.165, 1.54) is 35.7 Å². The molecule has 3 rings (SSSR count). The van der Waals surface area contributed by atoms with Gasteiger partial charge >= 0.3 is 0 Å². The molecule has 1 aliphatic heterocycles. The van der Waals surface area contributed by atoms with Crippen LogP contribution in [0.1, 0.15) is 10.6 Å². The number of sulfonamides is 1. The first-order chi connectivity index (χ1) is 11.9. The number of benzene rings is 1. The molecule has 0 unspecified atom stereocenters. The van der Waals surface area contributed by atoms with Crippen molar-refractivity contribution in [2.24, 2.45) is 0 Å². The molecule has 7 nitrogen and oxygen atoms in total. The van der Waals surface area contributed by atoms with Crippen molar-refractivity contribution >= 4 is 27.5 Å². The van der Waals surface area contributed by atoms with Crippen LogP contribution in [0.4, 0.5) is 0 Å². The van der Waals surface area contributed by atoms with Gasteiger partial charge in [0.2, 0.25) is 10.0 Å². The summed E-state index contributed by atoms with van der Waals surface area (Å²) in [6, 6.07) is 9.23. The van der Waals surface area contributed by atoms with Crippen LogP contribution < -0.4 is 4.74 Å². The summed E-state index contributed by atoms with van der Waals surface area (Å²) in [6.07, 6.45) is 0. The number of piperazine rings is 1. The summed E-state index contributed by atoms with van der Waals surface area (Å²) in [6.45, 7) is 1.00. The minimum atomic E-state index is -3.60.